The smallest absolute Gasteiger partial charge is 0.414 e. The lowest BCUT2D eigenvalue weighted by Crippen LogP contribution is -2.33. The highest BCUT2D eigenvalue weighted by atomic mass is 19.1. The maximum Gasteiger partial charge on any atom is 0.414 e. The first-order valence-corrected chi connectivity index (χ1v) is 8.07. The van der Waals surface area contributed by atoms with Gasteiger partial charge in [-0.3, -0.25) is 9.69 Å². The Kier molecular flexibility index (Phi) is 4.97. The van der Waals surface area contributed by atoms with Gasteiger partial charge >= 0.3 is 6.09 Å². The highest BCUT2D eigenvalue weighted by Gasteiger charge is 2.32. The fourth-order valence-corrected chi connectivity index (χ4v) is 2.72. The lowest BCUT2D eigenvalue weighted by Gasteiger charge is -2.14. The number of halogens is 1. The summed E-state index contributed by atoms with van der Waals surface area (Å²) in [6.07, 6.45) is 1.98. The van der Waals surface area contributed by atoms with Gasteiger partial charge in [0.25, 0.3) is 0 Å². The van der Waals surface area contributed by atoms with E-state index in [4.69, 9.17) is 15.7 Å². The van der Waals surface area contributed by atoms with E-state index in [9.17, 15) is 14.0 Å². The molecule has 4 N–H and O–H groups in total. The first kappa shape index (κ1) is 18.2. The van der Waals surface area contributed by atoms with Crippen LogP contribution < -0.4 is 16.0 Å². The van der Waals surface area contributed by atoms with Crippen LogP contribution in [0.4, 0.5) is 14.9 Å². The minimum absolute atomic E-state index is 0.0872. The zero-order valence-electron chi connectivity index (χ0n) is 14.4. The maximum atomic E-state index is 14.6. The van der Waals surface area contributed by atoms with Gasteiger partial charge in [-0.05, 0) is 24.3 Å². The van der Waals surface area contributed by atoms with E-state index < -0.39 is 18.0 Å². The topological polar surface area (TPSA) is 122 Å². The van der Waals surface area contributed by atoms with Crippen molar-refractivity contribution in [1.29, 1.82) is 0 Å². The molecule has 1 aliphatic rings. The summed E-state index contributed by atoms with van der Waals surface area (Å²) in [7, 11) is 0. The van der Waals surface area contributed by atoms with Crippen molar-refractivity contribution in [3.8, 4) is 5.69 Å². The molecule has 1 atom stereocenters. The van der Waals surface area contributed by atoms with E-state index in [2.05, 4.69) is 10.5 Å². The second-order valence-corrected chi connectivity index (χ2v) is 5.98. The number of carbonyl (C=O) groups excluding carboxylic acids is 2. The number of nitrogens with two attached hydrogens (primary N) is 1. The van der Waals surface area contributed by atoms with Gasteiger partial charge in [-0.15, -0.1) is 0 Å². The minimum Gasteiger partial charge on any atom is -0.442 e. The number of ether oxygens (including phenoxy) is 1. The summed E-state index contributed by atoms with van der Waals surface area (Å²) >= 11 is 0. The molecule has 0 saturated carbocycles. The molecule has 0 radical (unpaired) electrons. The number of amides is 2. The third-order valence-corrected chi connectivity index (χ3v) is 4.07. The maximum absolute atomic E-state index is 14.6. The summed E-state index contributed by atoms with van der Waals surface area (Å²) in [5, 5.41) is 14.2. The highest BCUT2D eigenvalue weighted by molar-refractivity contribution is 5.97. The zero-order chi connectivity index (χ0) is 19.6. The van der Waals surface area contributed by atoms with E-state index in [0.29, 0.717) is 11.3 Å². The monoisotopic (exact) mass is 375 g/mol. The second kappa shape index (κ2) is 7.36. The van der Waals surface area contributed by atoms with Crippen LogP contribution in [0, 0.1) is 5.82 Å². The molecule has 142 valence electrons. The van der Waals surface area contributed by atoms with Crippen LogP contribution in [0.25, 0.3) is 5.69 Å². The number of cyclic esters (lactones) is 1. The molecule has 10 heteroatoms. The molecule has 1 saturated heterocycles. The third-order valence-electron chi connectivity index (χ3n) is 4.07. The number of anilines is 1. The van der Waals surface area contributed by atoms with Crippen molar-refractivity contribution in [3.05, 3.63) is 48.0 Å². The summed E-state index contributed by atoms with van der Waals surface area (Å²) in [6.45, 7) is 1.77. The fourth-order valence-electron chi connectivity index (χ4n) is 2.72. The number of nitrogens with one attached hydrogen (secondary N) is 1. The average Bonchev–Trinajstić information content (AvgIpc) is 3.26. The zero-order valence-corrected chi connectivity index (χ0v) is 14.4. The van der Waals surface area contributed by atoms with Crippen molar-refractivity contribution in [2.24, 2.45) is 10.9 Å². The molecule has 2 amide bonds. The molecule has 1 fully saturated rings. The van der Waals surface area contributed by atoms with Crippen molar-refractivity contribution in [2.75, 3.05) is 18.0 Å². The Labute approximate surface area is 153 Å². The van der Waals surface area contributed by atoms with Crippen LogP contribution in [0.5, 0.6) is 0 Å². The van der Waals surface area contributed by atoms with Crippen LogP contribution in [0.2, 0.25) is 0 Å². The molecule has 0 spiro atoms. The van der Waals surface area contributed by atoms with Crippen molar-refractivity contribution in [2.45, 2.75) is 13.0 Å². The van der Waals surface area contributed by atoms with Crippen molar-refractivity contribution in [3.63, 3.8) is 0 Å². The molecule has 2 heterocycles. The van der Waals surface area contributed by atoms with Crippen LogP contribution in [0.3, 0.4) is 0 Å². The predicted molar refractivity (Wildman–Crippen MR) is 94.5 cm³/mol. The minimum atomic E-state index is -0.604. The molecule has 3 rings (SSSR count). The number of nitrogens with zero attached hydrogens (tertiary/aromatic N) is 3. The van der Waals surface area contributed by atoms with Crippen molar-refractivity contribution in [1.82, 2.24) is 9.88 Å². The molecule has 27 heavy (non-hydrogen) atoms. The summed E-state index contributed by atoms with van der Waals surface area (Å²) in [5.41, 5.74) is 6.52. The summed E-state index contributed by atoms with van der Waals surface area (Å²) < 4.78 is 21.2. The Bertz CT molecular complexity index is 910. The highest BCUT2D eigenvalue weighted by Crippen LogP contribution is 2.25. The van der Waals surface area contributed by atoms with Gasteiger partial charge in [0, 0.05) is 24.9 Å². The lowest BCUT2D eigenvalue weighted by molar-refractivity contribution is -0.119. The average molecular weight is 375 g/mol. The van der Waals surface area contributed by atoms with Crippen LogP contribution >= 0.6 is 0 Å². The number of carbonyl (C=O) groups is 2. The Hall–Kier alpha value is -3.56. The normalized spacial score (nSPS) is 17.1. The largest absolute Gasteiger partial charge is 0.442 e. The Morgan fingerprint density at radius 1 is 1.48 bits per heavy atom. The van der Waals surface area contributed by atoms with E-state index in [1.165, 1.54) is 34.7 Å². The molecular weight excluding hydrogens is 357 g/mol. The molecule has 0 aliphatic carbocycles. The lowest BCUT2D eigenvalue weighted by atomic mass is 10.2. The van der Waals surface area contributed by atoms with E-state index >= 15 is 0 Å². The van der Waals surface area contributed by atoms with Gasteiger partial charge in [0.15, 0.2) is 5.84 Å². The number of hydrogen-bond acceptors (Lipinski definition) is 5. The first-order valence-electron chi connectivity index (χ1n) is 8.07. The molecule has 2 aromatic rings. The molecule has 1 aromatic carbocycles. The molecule has 9 nitrogen and oxygen atoms in total. The molecule has 0 bridgehead atoms. The Morgan fingerprint density at radius 3 is 2.93 bits per heavy atom. The molecule has 0 unspecified atom stereocenters. The number of benzene rings is 1. The predicted octanol–water partition coefficient (Wildman–Crippen LogP) is 1.17. The van der Waals surface area contributed by atoms with E-state index in [-0.39, 0.29) is 30.5 Å². The van der Waals surface area contributed by atoms with Gasteiger partial charge in [0.2, 0.25) is 5.91 Å². The van der Waals surface area contributed by atoms with Gasteiger partial charge in [-0.25, -0.2) is 9.18 Å². The van der Waals surface area contributed by atoms with Gasteiger partial charge in [-0.1, -0.05) is 5.16 Å². The summed E-state index contributed by atoms with van der Waals surface area (Å²) in [4.78, 5) is 24.3. The van der Waals surface area contributed by atoms with Crippen molar-refractivity contribution >= 4 is 23.5 Å². The van der Waals surface area contributed by atoms with Gasteiger partial charge < -0.3 is 25.6 Å². The molecule has 1 aliphatic heterocycles. The third kappa shape index (κ3) is 3.84. The Balaban J connectivity index is 1.78. The van der Waals surface area contributed by atoms with Crippen molar-refractivity contribution < 1.29 is 23.9 Å². The number of aromatic nitrogens is 1. The second-order valence-electron chi connectivity index (χ2n) is 5.98. The molecular formula is C17H18FN5O4. The van der Waals surface area contributed by atoms with Crippen LogP contribution in [-0.2, 0) is 9.53 Å². The quantitative estimate of drug-likeness (QED) is 0.313. The number of rotatable bonds is 5. The van der Waals surface area contributed by atoms with Crippen LogP contribution in [0.15, 0.2) is 41.8 Å². The SMILES string of the molecule is CC(=O)NC[C@H]1CN(c2ccc(-n3ccc(/C(N)=N/O)c3)c(F)c2)C(=O)O1. The van der Waals surface area contributed by atoms with Crippen LogP contribution in [0.1, 0.15) is 12.5 Å². The Morgan fingerprint density at radius 2 is 2.26 bits per heavy atom. The number of amidine groups is 1. The van der Waals surface area contributed by atoms with Gasteiger partial charge in [0.1, 0.15) is 11.9 Å². The number of oxime groups is 1. The molecule has 1 aromatic heterocycles. The first-order chi connectivity index (χ1) is 12.9. The fraction of sp³-hybridized carbons (Fsp3) is 0.235. The summed E-state index contributed by atoms with van der Waals surface area (Å²) in [5.74, 6) is -0.874. The van der Waals surface area contributed by atoms with Crippen LogP contribution in [-0.4, -0.2) is 46.8 Å². The van der Waals surface area contributed by atoms with Gasteiger partial charge in [0.05, 0.1) is 24.5 Å². The van der Waals surface area contributed by atoms with E-state index in [1.807, 2.05) is 0 Å². The van der Waals surface area contributed by atoms with E-state index in [0.717, 1.165) is 0 Å². The van der Waals surface area contributed by atoms with E-state index in [1.54, 1.807) is 18.3 Å². The van der Waals surface area contributed by atoms with Gasteiger partial charge in [-0.2, -0.15) is 0 Å². The standard InChI is InChI=1S/C17H18FN5O4/c1-10(24)20-7-13-9-23(17(25)27-13)12-2-3-15(14(18)6-12)22-5-4-11(8-22)16(19)21-26/h2-6,8,13,26H,7,9H2,1H3,(H2,19,21)(H,20,24)/t13-/m0/s1. The number of hydrogen-bond donors (Lipinski definition) is 3. The summed E-state index contributed by atoms with van der Waals surface area (Å²) in [6, 6.07) is 5.90.